The Balaban J connectivity index is 1.36. The first-order valence-electron chi connectivity index (χ1n) is 11.1. The van der Waals surface area contributed by atoms with Gasteiger partial charge in [0.15, 0.2) is 0 Å². The van der Waals surface area contributed by atoms with E-state index in [0.29, 0.717) is 0 Å². The highest BCUT2D eigenvalue weighted by Crippen LogP contribution is 2.50. The first kappa shape index (κ1) is 19.4. The van der Waals surface area contributed by atoms with Crippen molar-refractivity contribution in [2.24, 2.45) is 5.92 Å². The largest absolute Gasteiger partial charge is 0.366 e. The topological polar surface area (TPSA) is 15.7 Å². The molecular formula is C24H38N2O. The lowest BCUT2D eigenvalue weighted by molar-refractivity contribution is -0.188. The fourth-order valence-corrected chi connectivity index (χ4v) is 5.22. The Morgan fingerprint density at radius 2 is 1.67 bits per heavy atom. The lowest BCUT2D eigenvalue weighted by Gasteiger charge is -2.51. The molecule has 1 aliphatic heterocycles. The van der Waals surface area contributed by atoms with Crippen LogP contribution >= 0.6 is 0 Å². The highest BCUT2D eigenvalue weighted by Gasteiger charge is 2.55. The van der Waals surface area contributed by atoms with Gasteiger partial charge in [0.2, 0.25) is 0 Å². The smallest absolute Gasteiger partial charge is 0.0819 e. The molecule has 1 saturated heterocycles. The second-order valence-electron chi connectivity index (χ2n) is 9.99. The molecule has 27 heavy (non-hydrogen) atoms. The molecule has 3 nitrogen and oxygen atoms in total. The van der Waals surface area contributed by atoms with E-state index >= 15 is 0 Å². The molecule has 0 bridgehead atoms. The summed E-state index contributed by atoms with van der Waals surface area (Å²) in [5, 5.41) is 0. The van der Waals surface area contributed by atoms with E-state index in [-0.39, 0.29) is 11.2 Å². The SMILES string of the molecule is CC(C)CCN(C)[C@H]1CC[C@@]2(CC1)CN(Cc1ccccc1)CC1(CC1)O2. The van der Waals surface area contributed by atoms with Gasteiger partial charge in [0.05, 0.1) is 11.2 Å². The van der Waals surface area contributed by atoms with Crippen molar-refractivity contribution < 1.29 is 4.74 Å². The molecule has 3 heteroatoms. The number of hydrogen-bond acceptors (Lipinski definition) is 3. The quantitative estimate of drug-likeness (QED) is 0.721. The number of morpholine rings is 1. The standard InChI is InChI=1S/C24H38N2O/c1-20(2)11-16-25(3)22-9-12-23(13-10-22)18-26(19-24(27-23)14-15-24)17-21-7-5-4-6-8-21/h4-8,20,22H,9-19H2,1-3H3/t22-,23+. The molecule has 3 aliphatic rings. The summed E-state index contributed by atoms with van der Waals surface area (Å²) >= 11 is 0. The first-order valence-corrected chi connectivity index (χ1v) is 11.1. The molecule has 3 fully saturated rings. The Kier molecular flexibility index (Phi) is 5.64. The molecule has 150 valence electrons. The van der Waals surface area contributed by atoms with Gasteiger partial charge in [-0.2, -0.15) is 0 Å². The summed E-state index contributed by atoms with van der Waals surface area (Å²) in [7, 11) is 2.33. The summed E-state index contributed by atoms with van der Waals surface area (Å²) in [5.41, 5.74) is 1.73. The van der Waals surface area contributed by atoms with Gasteiger partial charge in [-0.3, -0.25) is 4.90 Å². The van der Waals surface area contributed by atoms with Crippen LogP contribution in [0.4, 0.5) is 0 Å². The van der Waals surface area contributed by atoms with Crippen LogP contribution in [0, 0.1) is 5.92 Å². The Bertz CT molecular complexity index is 602. The van der Waals surface area contributed by atoms with Gasteiger partial charge >= 0.3 is 0 Å². The normalized spacial score (nSPS) is 30.5. The summed E-state index contributed by atoms with van der Waals surface area (Å²) in [6, 6.07) is 11.7. The lowest BCUT2D eigenvalue weighted by atomic mass is 9.79. The summed E-state index contributed by atoms with van der Waals surface area (Å²) in [5.74, 6) is 0.797. The summed E-state index contributed by atoms with van der Waals surface area (Å²) in [4.78, 5) is 5.30. The number of rotatable bonds is 6. The second-order valence-corrected chi connectivity index (χ2v) is 9.99. The molecule has 0 atom stereocenters. The maximum Gasteiger partial charge on any atom is 0.0819 e. The van der Waals surface area contributed by atoms with Gasteiger partial charge in [0, 0.05) is 25.7 Å². The van der Waals surface area contributed by atoms with E-state index in [1.54, 1.807) is 0 Å². The van der Waals surface area contributed by atoms with Gasteiger partial charge in [0.1, 0.15) is 0 Å². The van der Waals surface area contributed by atoms with E-state index in [1.807, 2.05) is 0 Å². The van der Waals surface area contributed by atoms with Gasteiger partial charge in [-0.25, -0.2) is 0 Å². The molecule has 2 saturated carbocycles. The van der Waals surface area contributed by atoms with Crippen LogP contribution in [-0.4, -0.2) is 53.7 Å². The number of ether oxygens (including phenoxy) is 1. The minimum Gasteiger partial charge on any atom is -0.366 e. The van der Waals surface area contributed by atoms with Gasteiger partial charge in [-0.05, 0) is 70.0 Å². The van der Waals surface area contributed by atoms with E-state index in [2.05, 4.69) is 61.0 Å². The van der Waals surface area contributed by atoms with Gasteiger partial charge in [0.25, 0.3) is 0 Å². The highest BCUT2D eigenvalue weighted by molar-refractivity contribution is 5.16. The molecule has 1 aromatic carbocycles. The van der Waals surface area contributed by atoms with E-state index in [4.69, 9.17) is 4.74 Å². The van der Waals surface area contributed by atoms with Crippen LogP contribution in [0.5, 0.6) is 0 Å². The minimum atomic E-state index is 0.110. The zero-order valence-corrected chi connectivity index (χ0v) is 17.6. The van der Waals surface area contributed by atoms with Crippen LogP contribution in [-0.2, 0) is 11.3 Å². The molecule has 0 N–H and O–H groups in total. The fraction of sp³-hybridized carbons (Fsp3) is 0.750. The van der Waals surface area contributed by atoms with Crippen molar-refractivity contribution >= 4 is 0 Å². The zero-order chi connectivity index (χ0) is 18.9. The average molecular weight is 371 g/mol. The Morgan fingerprint density at radius 3 is 2.26 bits per heavy atom. The minimum absolute atomic E-state index is 0.110. The maximum atomic E-state index is 6.85. The third-order valence-corrected chi connectivity index (χ3v) is 7.06. The molecule has 0 aromatic heterocycles. The number of hydrogen-bond donors (Lipinski definition) is 0. The van der Waals surface area contributed by atoms with Gasteiger partial charge in [-0.15, -0.1) is 0 Å². The summed E-state index contributed by atoms with van der Waals surface area (Å²) < 4.78 is 6.85. The van der Waals surface area contributed by atoms with Crippen LogP contribution in [0.25, 0.3) is 0 Å². The second kappa shape index (κ2) is 7.85. The van der Waals surface area contributed by atoms with Crippen LogP contribution < -0.4 is 0 Å². The zero-order valence-electron chi connectivity index (χ0n) is 17.6. The van der Waals surface area contributed by atoms with Crippen LogP contribution in [0.15, 0.2) is 30.3 Å². The predicted octanol–water partition coefficient (Wildman–Crippen LogP) is 4.71. The Labute approximate surface area is 166 Å². The van der Waals surface area contributed by atoms with Gasteiger partial charge < -0.3 is 9.64 Å². The van der Waals surface area contributed by atoms with E-state index in [1.165, 1.54) is 57.1 Å². The van der Waals surface area contributed by atoms with Crippen molar-refractivity contribution in [2.75, 3.05) is 26.7 Å². The van der Waals surface area contributed by atoms with Crippen LogP contribution in [0.3, 0.4) is 0 Å². The monoisotopic (exact) mass is 370 g/mol. The number of benzene rings is 1. The van der Waals surface area contributed by atoms with E-state index < -0.39 is 0 Å². The Morgan fingerprint density at radius 1 is 1.04 bits per heavy atom. The third-order valence-electron chi connectivity index (χ3n) is 7.06. The average Bonchev–Trinajstić information content (AvgIpc) is 3.38. The van der Waals surface area contributed by atoms with Crippen LogP contribution in [0.1, 0.15) is 64.4 Å². The van der Waals surface area contributed by atoms with Crippen molar-refractivity contribution in [2.45, 2.75) is 82.6 Å². The van der Waals surface area contributed by atoms with Crippen LogP contribution in [0.2, 0.25) is 0 Å². The molecule has 1 heterocycles. The van der Waals surface area contributed by atoms with Crippen molar-refractivity contribution in [1.29, 1.82) is 0 Å². The molecule has 0 unspecified atom stereocenters. The van der Waals surface area contributed by atoms with Crippen molar-refractivity contribution in [1.82, 2.24) is 9.80 Å². The first-order chi connectivity index (χ1) is 13.0. The maximum absolute atomic E-state index is 6.85. The van der Waals surface area contributed by atoms with Crippen molar-refractivity contribution in [3.63, 3.8) is 0 Å². The molecular weight excluding hydrogens is 332 g/mol. The fourth-order valence-electron chi connectivity index (χ4n) is 5.22. The Hall–Kier alpha value is -0.900. The molecule has 0 amide bonds. The lowest BCUT2D eigenvalue weighted by Crippen LogP contribution is -2.58. The van der Waals surface area contributed by atoms with Crippen molar-refractivity contribution in [3.05, 3.63) is 35.9 Å². The van der Waals surface area contributed by atoms with E-state index in [0.717, 1.165) is 31.6 Å². The summed E-state index contributed by atoms with van der Waals surface area (Å²) in [6.45, 7) is 9.21. The molecule has 4 rings (SSSR count). The highest BCUT2D eigenvalue weighted by atomic mass is 16.5. The van der Waals surface area contributed by atoms with Crippen molar-refractivity contribution in [3.8, 4) is 0 Å². The number of nitrogens with zero attached hydrogens (tertiary/aromatic N) is 2. The summed E-state index contributed by atoms with van der Waals surface area (Å²) in [6.07, 6.45) is 8.89. The van der Waals surface area contributed by atoms with Gasteiger partial charge in [-0.1, -0.05) is 44.2 Å². The molecule has 2 aliphatic carbocycles. The molecule has 0 radical (unpaired) electrons. The third kappa shape index (κ3) is 4.75. The predicted molar refractivity (Wildman–Crippen MR) is 112 cm³/mol. The molecule has 1 aromatic rings. The molecule has 2 spiro atoms. The van der Waals surface area contributed by atoms with E-state index in [9.17, 15) is 0 Å².